The van der Waals surface area contributed by atoms with Crippen molar-refractivity contribution in [3.8, 4) is 5.75 Å². The Bertz CT molecular complexity index is 1290. The zero-order chi connectivity index (χ0) is 27.9. The second-order valence-corrected chi connectivity index (χ2v) is 13.0. The van der Waals surface area contributed by atoms with Gasteiger partial charge in [0.25, 0.3) is 0 Å². The number of benzene rings is 2. The maximum Gasteiger partial charge on any atom is 0.325 e. The Labute approximate surface area is 224 Å². The van der Waals surface area contributed by atoms with E-state index in [9.17, 15) is 13.2 Å². The van der Waals surface area contributed by atoms with Gasteiger partial charge in [-0.15, -0.1) is 0 Å². The average molecular weight is 555 g/mol. The minimum atomic E-state index is -4.28. The van der Waals surface area contributed by atoms with Crippen LogP contribution in [0.15, 0.2) is 29.2 Å². The normalized spacial score (nSPS) is 17.5. The molecule has 7 nitrogen and oxygen atoms in total. The van der Waals surface area contributed by atoms with Gasteiger partial charge in [0.2, 0.25) is 10.0 Å². The highest BCUT2D eigenvalue weighted by atomic mass is 35.5. The van der Waals surface area contributed by atoms with Gasteiger partial charge in [-0.2, -0.15) is 4.31 Å². The van der Waals surface area contributed by atoms with Crippen molar-refractivity contribution in [3.63, 3.8) is 0 Å². The summed E-state index contributed by atoms with van der Waals surface area (Å²) in [4.78, 5) is 15.4. The number of halogens is 2. The molecule has 0 radical (unpaired) electrons. The SMILES string of the molecule is Cc1ccc(F)c(C(C)[C@@H](C(=O)OC(C)(C)C)N2CCOc3c(ccc(Cl)c3CN(C)C)S2(=O)=O)c1C. The van der Waals surface area contributed by atoms with Crippen LogP contribution in [0.2, 0.25) is 5.02 Å². The van der Waals surface area contributed by atoms with Gasteiger partial charge in [0.15, 0.2) is 0 Å². The highest BCUT2D eigenvalue weighted by Crippen LogP contribution is 2.40. The van der Waals surface area contributed by atoms with Gasteiger partial charge in [0.1, 0.15) is 34.7 Å². The van der Waals surface area contributed by atoms with E-state index in [1.54, 1.807) is 40.7 Å². The van der Waals surface area contributed by atoms with Crippen molar-refractivity contribution in [1.29, 1.82) is 0 Å². The van der Waals surface area contributed by atoms with Gasteiger partial charge in [0.05, 0.1) is 0 Å². The summed E-state index contributed by atoms with van der Waals surface area (Å²) in [5, 5.41) is 0.380. The topological polar surface area (TPSA) is 76.2 Å². The summed E-state index contributed by atoms with van der Waals surface area (Å²) in [5.74, 6) is -1.94. The lowest BCUT2D eigenvalue weighted by Gasteiger charge is -2.35. The van der Waals surface area contributed by atoms with E-state index in [1.807, 2.05) is 25.9 Å². The molecule has 0 fully saturated rings. The first kappa shape index (κ1) is 29.4. The maximum atomic E-state index is 15.2. The third kappa shape index (κ3) is 6.11. The van der Waals surface area contributed by atoms with Crippen molar-refractivity contribution < 1.29 is 27.1 Å². The Morgan fingerprint density at radius 1 is 1.22 bits per heavy atom. The van der Waals surface area contributed by atoms with Gasteiger partial charge in [-0.1, -0.05) is 24.6 Å². The summed E-state index contributed by atoms with van der Waals surface area (Å²) in [6, 6.07) is 4.57. The fourth-order valence-corrected chi connectivity index (χ4v) is 6.63. The van der Waals surface area contributed by atoms with E-state index < -0.39 is 39.4 Å². The van der Waals surface area contributed by atoms with E-state index in [0.29, 0.717) is 22.7 Å². The average Bonchev–Trinajstić information content (AvgIpc) is 2.88. The number of aryl methyl sites for hydroxylation is 1. The smallest absolute Gasteiger partial charge is 0.325 e. The lowest BCUT2D eigenvalue weighted by Crippen LogP contribution is -2.50. The molecule has 1 aliphatic heterocycles. The van der Waals surface area contributed by atoms with Crippen LogP contribution in [-0.2, 0) is 26.1 Å². The summed E-state index contributed by atoms with van der Waals surface area (Å²) in [6.07, 6.45) is 0. The lowest BCUT2D eigenvalue weighted by atomic mass is 9.87. The molecule has 0 bridgehead atoms. The van der Waals surface area contributed by atoms with Crippen LogP contribution >= 0.6 is 11.6 Å². The molecule has 0 saturated heterocycles. The molecule has 2 aromatic carbocycles. The van der Waals surface area contributed by atoms with Crippen molar-refractivity contribution in [3.05, 3.63) is 57.4 Å². The summed E-state index contributed by atoms with van der Waals surface area (Å²) >= 11 is 6.42. The molecule has 0 spiro atoms. The molecule has 0 aromatic heterocycles. The summed E-state index contributed by atoms with van der Waals surface area (Å²) in [5.41, 5.74) is 1.43. The van der Waals surface area contributed by atoms with E-state index in [1.165, 1.54) is 18.2 Å². The van der Waals surface area contributed by atoms with E-state index in [-0.39, 0.29) is 29.4 Å². The molecule has 0 N–H and O–H groups in total. The molecule has 37 heavy (non-hydrogen) atoms. The first-order chi connectivity index (χ1) is 17.1. The van der Waals surface area contributed by atoms with Crippen LogP contribution in [0.5, 0.6) is 5.75 Å². The number of hydrogen-bond donors (Lipinski definition) is 0. The Morgan fingerprint density at radius 2 is 1.86 bits per heavy atom. The number of sulfonamides is 1. The fourth-order valence-electron chi connectivity index (χ4n) is 4.63. The first-order valence-electron chi connectivity index (χ1n) is 12.2. The number of hydrogen-bond acceptors (Lipinski definition) is 6. The van der Waals surface area contributed by atoms with Crippen molar-refractivity contribution in [2.75, 3.05) is 27.2 Å². The number of carbonyl (C=O) groups excluding carboxylic acids is 1. The molecular weight excluding hydrogens is 519 g/mol. The Morgan fingerprint density at radius 3 is 2.46 bits per heavy atom. The largest absolute Gasteiger partial charge is 0.490 e. The van der Waals surface area contributed by atoms with Crippen molar-refractivity contribution in [2.45, 2.75) is 70.5 Å². The minimum absolute atomic E-state index is 0.0195. The number of carbonyl (C=O) groups is 1. The summed E-state index contributed by atoms with van der Waals surface area (Å²) < 4.78 is 56.2. The lowest BCUT2D eigenvalue weighted by molar-refractivity contribution is -0.160. The van der Waals surface area contributed by atoms with E-state index in [0.717, 1.165) is 9.87 Å². The molecule has 10 heteroatoms. The van der Waals surface area contributed by atoms with Crippen molar-refractivity contribution >= 4 is 27.6 Å². The van der Waals surface area contributed by atoms with Gasteiger partial charge in [-0.3, -0.25) is 4.79 Å². The van der Waals surface area contributed by atoms with E-state index in [2.05, 4.69) is 0 Å². The number of nitrogens with zero attached hydrogens (tertiary/aromatic N) is 2. The second kappa shape index (κ2) is 10.9. The molecule has 1 heterocycles. The number of ether oxygens (including phenoxy) is 2. The molecule has 0 amide bonds. The van der Waals surface area contributed by atoms with Gasteiger partial charge in [-0.25, -0.2) is 12.8 Å². The van der Waals surface area contributed by atoms with Crippen molar-refractivity contribution in [2.24, 2.45) is 0 Å². The second-order valence-electron chi connectivity index (χ2n) is 10.7. The predicted molar refractivity (Wildman–Crippen MR) is 142 cm³/mol. The molecule has 1 unspecified atom stereocenters. The Kier molecular flexibility index (Phi) is 8.64. The number of rotatable bonds is 6. The number of fused-ring (bicyclic) bond motifs is 1. The number of esters is 1. The van der Waals surface area contributed by atoms with Gasteiger partial charge in [0, 0.05) is 29.6 Å². The van der Waals surface area contributed by atoms with Crippen LogP contribution in [0.1, 0.15) is 55.9 Å². The molecule has 2 aromatic rings. The molecule has 0 saturated carbocycles. The molecule has 0 aliphatic carbocycles. The highest BCUT2D eigenvalue weighted by Gasteiger charge is 2.45. The third-order valence-corrected chi connectivity index (χ3v) is 8.66. The standard InChI is InChI=1S/C27H36ClFN2O5S/c1-16-9-11-21(29)23(17(16)2)18(3)24(26(32)36-27(4,5)6)31-13-14-35-25-19(15-30(7)8)20(28)10-12-22(25)37(31,33)34/h9-12,18,24H,13-15H2,1-8H3/t18?,24-/m0/s1. The zero-order valence-electron chi connectivity index (χ0n) is 22.7. The van der Waals surface area contributed by atoms with Gasteiger partial charge >= 0.3 is 5.97 Å². The zero-order valence-corrected chi connectivity index (χ0v) is 24.3. The highest BCUT2D eigenvalue weighted by molar-refractivity contribution is 7.89. The molecule has 204 valence electrons. The van der Waals surface area contributed by atoms with E-state index >= 15 is 4.39 Å². The van der Waals surface area contributed by atoms with Crippen LogP contribution in [-0.4, -0.2) is 62.5 Å². The molecule has 3 rings (SSSR count). The molecular formula is C27H36ClFN2O5S. The Balaban J connectivity index is 2.22. The van der Waals surface area contributed by atoms with Crippen LogP contribution in [0.25, 0.3) is 0 Å². The van der Waals surface area contributed by atoms with Crippen LogP contribution in [0.4, 0.5) is 4.39 Å². The maximum absolute atomic E-state index is 15.2. The quantitative estimate of drug-likeness (QED) is 0.465. The molecule has 1 aliphatic rings. The van der Waals surface area contributed by atoms with Crippen LogP contribution in [0, 0.1) is 19.7 Å². The van der Waals surface area contributed by atoms with Gasteiger partial charge < -0.3 is 14.4 Å². The third-order valence-electron chi connectivity index (χ3n) is 6.41. The van der Waals surface area contributed by atoms with Crippen LogP contribution < -0.4 is 4.74 Å². The fraction of sp³-hybridized carbons (Fsp3) is 0.519. The summed E-state index contributed by atoms with van der Waals surface area (Å²) in [6.45, 7) is 10.6. The Hall–Kier alpha value is -2.20. The predicted octanol–water partition coefficient (Wildman–Crippen LogP) is 5.05. The van der Waals surface area contributed by atoms with Crippen LogP contribution in [0.3, 0.4) is 0 Å². The minimum Gasteiger partial charge on any atom is -0.490 e. The monoisotopic (exact) mass is 554 g/mol. The summed E-state index contributed by atoms with van der Waals surface area (Å²) in [7, 11) is -0.596. The first-order valence-corrected chi connectivity index (χ1v) is 14.0. The van der Waals surface area contributed by atoms with Crippen molar-refractivity contribution in [1.82, 2.24) is 9.21 Å². The molecule has 2 atom stereocenters. The van der Waals surface area contributed by atoms with E-state index in [4.69, 9.17) is 21.1 Å². The van der Waals surface area contributed by atoms with Gasteiger partial charge in [-0.05, 0) is 83.6 Å².